The van der Waals surface area contributed by atoms with E-state index in [2.05, 4.69) is 20.3 Å². The number of anilines is 2. The number of rotatable bonds is 10. The molecule has 0 bridgehead atoms. The van der Waals surface area contributed by atoms with Crippen LogP contribution < -0.4 is 11.1 Å². The third-order valence-corrected chi connectivity index (χ3v) is 9.30. The molecule has 0 radical (unpaired) electrons. The molecule has 0 spiro atoms. The standard InChI is InChI=1S/C21H37N6O6P/c1-7-20(5,33-34(30,31)21(29,8-2)12(3)4)10-13-9-14(28)18(32-13)27-11-24-15-16(23-6)25-19(22)26-17(15)27/h11-14,18,28-29H,7-10H2,1-6H3,(H,30,31)(H3,22,23,25,26). The molecule has 2 aromatic rings. The Hall–Kier alpha value is -1.82. The molecular formula is C21H37N6O6P. The van der Waals surface area contributed by atoms with Crippen molar-refractivity contribution in [3.63, 3.8) is 0 Å². The van der Waals surface area contributed by atoms with Gasteiger partial charge in [0, 0.05) is 19.9 Å². The summed E-state index contributed by atoms with van der Waals surface area (Å²) in [7, 11) is -2.71. The first-order chi connectivity index (χ1) is 15.8. The van der Waals surface area contributed by atoms with Crippen LogP contribution in [0.15, 0.2) is 6.33 Å². The van der Waals surface area contributed by atoms with Crippen molar-refractivity contribution in [1.82, 2.24) is 19.5 Å². The molecule has 13 heteroatoms. The fraction of sp³-hybridized carbons (Fsp3) is 0.762. The van der Waals surface area contributed by atoms with E-state index in [1.807, 2.05) is 6.92 Å². The fourth-order valence-corrected chi connectivity index (χ4v) is 6.46. The van der Waals surface area contributed by atoms with Crippen LogP contribution in [-0.2, 0) is 13.8 Å². The molecule has 6 N–H and O–H groups in total. The average molecular weight is 501 g/mol. The summed E-state index contributed by atoms with van der Waals surface area (Å²) in [6.07, 6.45) is 0.384. The first kappa shape index (κ1) is 26.8. The number of nitrogens with one attached hydrogen (secondary N) is 1. The molecule has 1 aliphatic heterocycles. The number of nitrogen functional groups attached to an aromatic ring is 1. The van der Waals surface area contributed by atoms with Gasteiger partial charge in [0.15, 0.2) is 28.6 Å². The maximum absolute atomic E-state index is 13.2. The lowest BCUT2D eigenvalue weighted by atomic mass is 9.94. The largest absolute Gasteiger partial charge is 0.388 e. The number of nitrogens with two attached hydrogens (primary N) is 1. The van der Waals surface area contributed by atoms with Crippen molar-refractivity contribution >= 4 is 30.5 Å². The van der Waals surface area contributed by atoms with Gasteiger partial charge in [-0.25, -0.2) is 4.98 Å². The predicted octanol–water partition coefficient (Wildman–Crippen LogP) is 2.61. The maximum Gasteiger partial charge on any atom is 0.360 e. The van der Waals surface area contributed by atoms with Crippen LogP contribution in [0.5, 0.6) is 0 Å². The molecule has 1 saturated heterocycles. The highest BCUT2D eigenvalue weighted by Crippen LogP contribution is 2.62. The van der Waals surface area contributed by atoms with E-state index in [4.69, 9.17) is 15.0 Å². The van der Waals surface area contributed by atoms with Crippen molar-refractivity contribution in [2.24, 2.45) is 5.92 Å². The van der Waals surface area contributed by atoms with Crippen LogP contribution in [0.2, 0.25) is 0 Å². The molecule has 3 rings (SSSR count). The third-order valence-electron chi connectivity index (χ3n) is 6.80. The Labute approximate surface area is 199 Å². The Bertz CT molecular complexity index is 1070. The van der Waals surface area contributed by atoms with Crippen molar-refractivity contribution in [3.8, 4) is 0 Å². The Balaban J connectivity index is 1.82. The number of imidazole rings is 1. The molecule has 6 unspecified atom stereocenters. The highest BCUT2D eigenvalue weighted by molar-refractivity contribution is 7.54. The van der Waals surface area contributed by atoms with Crippen molar-refractivity contribution in [3.05, 3.63) is 6.33 Å². The number of aliphatic hydroxyl groups excluding tert-OH is 1. The topological polar surface area (TPSA) is 178 Å². The van der Waals surface area contributed by atoms with E-state index in [9.17, 15) is 19.7 Å². The van der Waals surface area contributed by atoms with Gasteiger partial charge in [-0.15, -0.1) is 0 Å². The molecule has 3 heterocycles. The van der Waals surface area contributed by atoms with Gasteiger partial charge in [0.25, 0.3) is 0 Å². The molecule has 0 saturated carbocycles. The number of fused-ring (bicyclic) bond motifs is 1. The molecule has 0 amide bonds. The third kappa shape index (κ3) is 4.80. The first-order valence-corrected chi connectivity index (χ1v) is 13.2. The smallest absolute Gasteiger partial charge is 0.360 e. The molecule has 0 aromatic carbocycles. The number of hydrogen-bond acceptors (Lipinski definition) is 10. The fourth-order valence-electron chi connectivity index (χ4n) is 4.45. The molecule has 1 aliphatic rings. The van der Waals surface area contributed by atoms with E-state index in [1.54, 1.807) is 39.3 Å². The van der Waals surface area contributed by atoms with Gasteiger partial charge in [-0.3, -0.25) is 9.13 Å². The zero-order chi connectivity index (χ0) is 25.5. The average Bonchev–Trinajstić information content (AvgIpc) is 3.33. The number of ether oxygens (including phenoxy) is 1. The van der Waals surface area contributed by atoms with Gasteiger partial charge in [0.05, 0.1) is 18.0 Å². The minimum Gasteiger partial charge on any atom is -0.388 e. The lowest BCUT2D eigenvalue weighted by Gasteiger charge is -2.40. The molecule has 1 fully saturated rings. The van der Waals surface area contributed by atoms with E-state index in [-0.39, 0.29) is 25.2 Å². The van der Waals surface area contributed by atoms with Crippen LogP contribution >= 0.6 is 7.60 Å². The van der Waals surface area contributed by atoms with Gasteiger partial charge < -0.3 is 35.4 Å². The summed E-state index contributed by atoms with van der Waals surface area (Å²) in [6, 6.07) is 0. The molecular weight excluding hydrogens is 463 g/mol. The van der Waals surface area contributed by atoms with Gasteiger partial charge in [-0.05, 0) is 25.7 Å². The number of aliphatic hydroxyl groups is 2. The van der Waals surface area contributed by atoms with Crippen molar-refractivity contribution in [2.75, 3.05) is 18.1 Å². The predicted molar refractivity (Wildman–Crippen MR) is 128 cm³/mol. The van der Waals surface area contributed by atoms with Gasteiger partial charge in [0.1, 0.15) is 6.10 Å². The Morgan fingerprint density at radius 2 is 2.06 bits per heavy atom. The second-order valence-corrected chi connectivity index (χ2v) is 11.5. The van der Waals surface area contributed by atoms with Crippen LogP contribution in [0.4, 0.5) is 11.8 Å². The quantitative estimate of drug-likeness (QED) is 0.303. The van der Waals surface area contributed by atoms with Crippen molar-refractivity contribution < 1.29 is 28.9 Å². The monoisotopic (exact) mass is 500 g/mol. The molecule has 6 atom stereocenters. The minimum absolute atomic E-state index is 0.0573. The van der Waals surface area contributed by atoms with E-state index in [0.29, 0.717) is 23.4 Å². The molecule has 192 valence electrons. The van der Waals surface area contributed by atoms with E-state index >= 15 is 0 Å². The second-order valence-electron chi connectivity index (χ2n) is 9.46. The maximum atomic E-state index is 13.2. The van der Waals surface area contributed by atoms with Crippen LogP contribution in [0, 0.1) is 5.92 Å². The molecule has 2 aromatic heterocycles. The minimum atomic E-state index is -4.41. The number of aromatic nitrogens is 4. The Kier molecular flexibility index (Phi) is 7.62. The Morgan fingerprint density at radius 3 is 2.62 bits per heavy atom. The van der Waals surface area contributed by atoms with Crippen LogP contribution in [0.1, 0.15) is 66.5 Å². The van der Waals surface area contributed by atoms with Crippen LogP contribution in [0.25, 0.3) is 11.2 Å². The summed E-state index contributed by atoms with van der Waals surface area (Å²) < 4.78 is 26.7. The Morgan fingerprint density at radius 1 is 1.38 bits per heavy atom. The van der Waals surface area contributed by atoms with Gasteiger partial charge in [-0.1, -0.05) is 27.7 Å². The lowest BCUT2D eigenvalue weighted by Crippen LogP contribution is -2.40. The summed E-state index contributed by atoms with van der Waals surface area (Å²) in [6.45, 7) is 8.58. The number of nitrogens with zero attached hydrogens (tertiary/aromatic N) is 4. The summed E-state index contributed by atoms with van der Waals surface area (Å²) in [5, 5.41) is 22.7. The molecule has 0 aliphatic carbocycles. The summed E-state index contributed by atoms with van der Waals surface area (Å²) in [5.41, 5.74) is 5.67. The highest BCUT2D eigenvalue weighted by atomic mass is 31.2. The van der Waals surface area contributed by atoms with Gasteiger partial charge in [-0.2, -0.15) is 9.97 Å². The lowest BCUT2D eigenvalue weighted by molar-refractivity contribution is -0.0658. The van der Waals surface area contributed by atoms with Crippen molar-refractivity contribution in [1.29, 1.82) is 0 Å². The number of hydrogen-bond donors (Lipinski definition) is 5. The normalized spacial score (nSPS) is 26.4. The summed E-state index contributed by atoms with van der Waals surface area (Å²) >= 11 is 0. The summed E-state index contributed by atoms with van der Waals surface area (Å²) in [4.78, 5) is 23.4. The first-order valence-electron chi connectivity index (χ1n) is 11.6. The zero-order valence-corrected chi connectivity index (χ0v) is 21.5. The van der Waals surface area contributed by atoms with Crippen molar-refractivity contribution in [2.45, 2.75) is 89.7 Å². The van der Waals surface area contributed by atoms with Crippen LogP contribution in [-0.4, -0.2) is 64.8 Å². The zero-order valence-electron chi connectivity index (χ0n) is 20.6. The summed E-state index contributed by atoms with van der Waals surface area (Å²) in [5.74, 6) is 0.0428. The van der Waals surface area contributed by atoms with Gasteiger partial charge >= 0.3 is 7.60 Å². The van der Waals surface area contributed by atoms with Gasteiger partial charge in [0.2, 0.25) is 5.95 Å². The van der Waals surface area contributed by atoms with E-state index in [0.717, 1.165) is 0 Å². The molecule has 12 nitrogen and oxygen atoms in total. The SMILES string of the molecule is CCC(C)(CC1CC(O)C(n2cnc3c(NC)nc(N)nc32)O1)OP(=O)(O)C(O)(CC)C(C)C. The highest BCUT2D eigenvalue weighted by Gasteiger charge is 2.52. The molecule has 34 heavy (non-hydrogen) atoms. The van der Waals surface area contributed by atoms with E-state index < -0.39 is 42.9 Å². The van der Waals surface area contributed by atoms with Crippen LogP contribution in [0.3, 0.4) is 0 Å². The second kappa shape index (κ2) is 9.67. The van der Waals surface area contributed by atoms with E-state index in [1.165, 1.54) is 6.33 Å².